The highest BCUT2D eigenvalue weighted by molar-refractivity contribution is 6.23. The number of pyridine rings is 1. The van der Waals surface area contributed by atoms with Crippen molar-refractivity contribution in [3.8, 4) is 16.9 Å². The van der Waals surface area contributed by atoms with Gasteiger partial charge in [-0.2, -0.15) is 0 Å². The van der Waals surface area contributed by atoms with Crippen molar-refractivity contribution in [2.45, 2.75) is 12.3 Å². The SMILES string of the molecule is O=c1c2ccccc2c2c(C3=C4Oc5ccccc5C4CC=C3)ccc3c4ccc(-c5cccc6c5oc5ccccc56)cc4n1c32. The highest BCUT2D eigenvalue weighted by atomic mass is 16.5. The molecule has 0 saturated carbocycles. The quantitative estimate of drug-likeness (QED) is 0.185. The minimum Gasteiger partial charge on any atom is -0.460 e. The second-order valence-corrected chi connectivity index (χ2v) is 12.7. The fourth-order valence-corrected chi connectivity index (χ4v) is 8.26. The first-order chi connectivity index (χ1) is 23.2. The number of para-hydroxylation sites is 3. The second-order valence-electron chi connectivity index (χ2n) is 12.7. The number of rotatable bonds is 2. The molecule has 9 aromatic rings. The molecule has 6 aromatic carbocycles. The maximum Gasteiger partial charge on any atom is 0.263 e. The number of aromatic nitrogens is 1. The first-order valence-corrected chi connectivity index (χ1v) is 16.1. The third kappa shape index (κ3) is 3.24. The Bertz CT molecular complexity index is 2940. The van der Waals surface area contributed by atoms with Crippen LogP contribution in [-0.4, -0.2) is 4.40 Å². The molecule has 0 saturated heterocycles. The van der Waals surface area contributed by atoms with Crippen molar-refractivity contribution in [3.05, 3.63) is 161 Å². The van der Waals surface area contributed by atoms with Crippen LogP contribution in [0.15, 0.2) is 148 Å². The minimum absolute atomic E-state index is 0.0106. The fourth-order valence-electron chi connectivity index (χ4n) is 8.26. The lowest BCUT2D eigenvalue weighted by Gasteiger charge is -2.20. The molecule has 3 aromatic heterocycles. The number of furan rings is 1. The van der Waals surface area contributed by atoms with Gasteiger partial charge in [-0.05, 0) is 47.2 Å². The van der Waals surface area contributed by atoms with E-state index >= 15 is 0 Å². The van der Waals surface area contributed by atoms with Gasteiger partial charge in [-0.1, -0.05) is 109 Å². The molecule has 0 spiro atoms. The summed E-state index contributed by atoms with van der Waals surface area (Å²) in [6, 6.07) is 41.7. The van der Waals surface area contributed by atoms with Gasteiger partial charge in [0.05, 0.1) is 11.0 Å². The fraction of sp³-hybridized carbons (Fsp3) is 0.0465. The Morgan fingerprint density at radius 1 is 0.660 bits per heavy atom. The van der Waals surface area contributed by atoms with Gasteiger partial charge in [0.2, 0.25) is 0 Å². The van der Waals surface area contributed by atoms with Crippen LogP contribution >= 0.6 is 0 Å². The first-order valence-electron chi connectivity index (χ1n) is 16.1. The normalized spacial score (nSPS) is 15.9. The molecule has 1 aliphatic carbocycles. The topological polar surface area (TPSA) is 43.8 Å². The van der Waals surface area contributed by atoms with Crippen LogP contribution in [0.2, 0.25) is 0 Å². The van der Waals surface area contributed by atoms with Gasteiger partial charge in [0.1, 0.15) is 22.7 Å². The molecule has 220 valence electrons. The van der Waals surface area contributed by atoms with Gasteiger partial charge >= 0.3 is 0 Å². The average Bonchev–Trinajstić information content (AvgIpc) is 3.80. The summed E-state index contributed by atoms with van der Waals surface area (Å²) < 4.78 is 14.9. The molecule has 4 heterocycles. The zero-order valence-electron chi connectivity index (χ0n) is 25.2. The van der Waals surface area contributed by atoms with Crippen LogP contribution in [0.4, 0.5) is 0 Å². The Balaban J connectivity index is 1.23. The van der Waals surface area contributed by atoms with Gasteiger partial charge in [-0.3, -0.25) is 9.20 Å². The van der Waals surface area contributed by atoms with Gasteiger partial charge in [0.25, 0.3) is 5.56 Å². The van der Waals surface area contributed by atoms with Crippen molar-refractivity contribution in [1.82, 2.24) is 4.40 Å². The highest BCUT2D eigenvalue weighted by Crippen LogP contribution is 2.50. The standard InChI is InChI=1S/C43H25NO3/c45-43-35-12-2-1-11-29(35)39-30(34-16-8-15-33-28-10-4-6-18-38(28)47-42(33)34)21-22-31-26-20-19-24(23-36(26)44(43)40(31)39)25-13-7-14-32-27-9-3-5-17-37(27)46-41(25)32/h1-14,16-23,33H,15H2. The van der Waals surface area contributed by atoms with Crippen LogP contribution in [0.1, 0.15) is 23.5 Å². The Hall–Kier alpha value is -6.13. The summed E-state index contributed by atoms with van der Waals surface area (Å²) >= 11 is 0. The lowest BCUT2D eigenvalue weighted by molar-refractivity contribution is 0.429. The smallest absolute Gasteiger partial charge is 0.263 e. The molecule has 47 heavy (non-hydrogen) atoms. The predicted octanol–water partition coefficient (Wildman–Crippen LogP) is 10.6. The molecule has 1 unspecified atom stereocenters. The van der Waals surface area contributed by atoms with E-state index in [1.165, 1.54) is 5.56 Å². The zero-order valence-corrected chi connectivity index (χ0v) is 25.2. The Labute approximate surface area is 268 Å². The van der Waals surface area contributed by atoms with Crippen LogP contribution in [-0.2, 0) is 0 Å². The summed E-state index contributed by atoms with van der Waals surface area (Å²) in [5, 5.41) is 7.03. The highest BCUT2D eigenvalue weighted by Gasteiger charge is 2.34. The van der Waals surface area contributed by atoms with E-state index < -0.39 is 0 Å². The number of ether oxygens (including phenoxy) is 1. The van der Waals surface area contributed by atoms with Crippen molar-refractivity contribution >= 4 is 65.5 Å². The lowest BCUT2D eigenvalue weighted by atomic mass is 9.85. The summed E-state index contributed by atoms with van der Waals surface area (Å²) in [6.07, 6.45) is 5.36. The van der Waals surface area contributed by atoms with Crippen LogP contribution in [0.25, 0.3) is 76.6 Å². The van der Waals surface area contributed by atoms with E-state index in [1.54, 1.807) is 0 Å². The van der Waals surface area contributed by atoms with Gasteiger partial charge < -0.3 is 9.15 Å². The van der Waals surface area contributed by atoms with E-state index in [4.69, 9.17) is 9.15 Å². The molecule has 0 N–H and O–H groups in total. The second kappa shape index (κ2) is 8.99. The monoisotopic (exact) mass is 603 g/mol. The Morgan fingerprint density at radius 2 is 1.45 bits per heavy atom. The molecule has 4 nitrogen and oxygen atoms in total. The summed E-state index contributed by atoms with van der Waals surface area (Å²) in [5.41, 5.74) is 8.95. The Morgan fingerprint density at radius 3 is 2.38 bits per heavy atom. The lowest BCUT2D eigenvalue weighted by Crippen LogP contribution is -2.13. The minimum atomic E-state index is -0.0106. The molecule has 2 aliphatic rings. The third-order valence-corrected chi connectivity index (χ3v) is 10.3. The van der Waals surface area contributed by atoms with Crippen LogP contribution < -0.4 is 10.3 Å². The summed E-state index contributed by atoms with van der Waals surface area (Å²) in [4.78, 5) is 14.5. The van der Waals surface area contributed by atoms with E-state index in [-0.39, 0.29) is 11.5 Å². The summed E-state index contributed by atoms with van der Waals surface area (Å²) in [6.45, 7) is 0. The molecule has 1 aliphatic heterocycles. The first kappa shape index (κ1) is 25.1. The van der Waals surface area contributed by atoms with Crippen molar-refractivity contribution in [3.63, 3.8) is 0 Å². The third-order valence-electron chi connectivity index (χ3n) is 10.3. The van der Waals surface area contributed by atoms with Crippen molar-refractivity contribution in [2.24, 2.45) is 0 Å². The van der Waals surface area contributed by atoms with E-state index in [1.807, 2.05) is 46.9 Å². The molecule has 0 fully saturated rings. The summed E-state index contributed by atoms with van der Waals surface area (Å²) in [5.74, 6) is 2.10. The molecular weight excluding hydrogens is 578 g/mol. The molecule has 0 amide bonds. The number of allylic oxidation sites excluding steroid dienone is 4. The molecule has 11 rings (SSSR count). The number of hydrogen-bond acceptors (Lipinski definition) is 3. The van der Waals surface area contributed by atoms with Crippen molar-refractivity contribution in [2.75, 3.05) is 0 Å². The number of hydrogen-bond donors (Lipinski definition) is 0. The van der Waals surface area contributed by atoms with E-state index in [9.17, 15) is 4.79 Å². The van der Waals surface area contributed by atoms with Gasteiger partial charge in [0.15, 0.2) is 0 Å². The molecule has 0 radical (unpaired) electrons. The molecule has 0 bridgehead atoms. The predicted molar refractivity (Wildman–Crippen MR) is 191 cm³/mol. The average molecular weight is 604 g/mol. The summed E-state index contributed by atoms with van der Waals surface area (Å²) in [7, 11) is 0. The van der Waals surface area contributed by atoms with E-state index in [2.05, 4.69) is 91.0 Å². The van der Waals surface area contributed by atoms with Gasteiger partial charge in [-0.15, -0.1) is 0 Å². The van der Waals surface area contributed by atoms with Crippen LogP contribution in [0, 0.1) is 0 Å². The largest absolute Gasteiger partial charge is 0.460 e. The van der Waals surface area contributed by atoms with Crippen LogP contribution in [0.5, 0.6) is 5.75 Å². The van der Waals surface area contributed by atoms with E-state index in [0.717, 1.165) is 94.7 Å². The molecule has 4 heteroatoms. The van der Waals surface area contributed by atoms with Crippen molar-refractivity contribution < 1.29 is 9.15 Å². The van der Waals surface area contributed by atoms with Gasteiger partial charge in [-0.25, -0.2) is 0 Å². The van der Waals surface area contributed by atoms with E-state index in [0.29, 0.717) is 5.39 Å². The van der Waals surface area contributed by atoms with Crippen molar-refractivity contribution in [1.29, 1.82) is 0 Å². The van der Waals surface area contributed by atoms with Crippen LogP contribution in [0.3, 0.4) is 0 Å². The molecule has 1 atom stereocenters. The zero-order chi connectivity index (χ0) is 30.8. The molecular formula is C43H25NO3. The number of nitrogens with zero attached hydrogens (tertiary/aromatic N) is 1. The Kier molecular flexibility index (Phi) is 4.80. The number of benzene rings is 6. The van der Waals surface area contributed by atoms with Gasteiger partial charge in [0, 0.05) is 54.9 Å². The maximum atomic E-state index is 14.5. The number of fused-ring (bicyclic) bond motifs is 11. The maximum absolute atomic E-state index is 14.5.